The summed E-state index contributed by atoms with van der Waals surface area (Å²) >= 11 is 6.13. The summed E-state index contributed by atoms with van der Waals surface area (Å²) in [5.74, 6) is -0.401. The highest BCUT2D eigenvalue weighted by Crippen LogP contribution is 2.27. The summed E-state index contributed by atoms with van der Waals surface area (Å²) < 4.78 is 6.56. The Labute approximate surface area is 159 Å². The monoisotopic (exact) mass is 386 g/mol. The van der Waals surface area contributed by atoms with Gasteiger partial charge in [-0.2, -0.15) is 5.10 Å². The van der Waals surface area contributed by atoms with Crippen LogP contribution in [-0.4, -0.2) is 27.7 Å². The maximum atomic E-state index is 12.4. The van der Waals surface area contributed by atoms with Gasteiger partial charge >= 0.3 is 5.69 Å². The van der Waals surface area contributed by atoms with Crippen LogP contribution in [-0.2, 0) is 6.54 Å². The number of rotatable bonds is 6. The summed E-state index contributed by atoms with van der Waals surface area (Å²) in [7, 11) is 1.33. The molecule has 3 aromatic rings. The highest BCUT2D eigenvalue weighted by molar-refractivity contribution is 6.31. The second kappa shape index (κ2) is 7.88. The first-order valence-corrected chi connectivity index (χ1v) is 8.25. The summed E-state index contributed by atoms with van der Waals surface area (Å²) in [5, 5.41) is 18.6. The van der Waals surface area contributed by atoms with Gasteiger partial charge in [-0.1, -0.05) is 29.8 Å². The molecule has 1 N–H and O–H groups in total. The van der Waals surface area contributed by atoms with Gasteiger partial charge in [-0.15, -0.1) is 0 Å². The second-order valence-electron chi connectivity index (χ2n) is 5.62. The summed E-state index contributed by atoms with van der Waals surface area (Å²) in [5.41, 5.74) is 1.22. The Balaban J connectivity index is 1.74. The lowest BCUT2D eigenvalue weighted by molar-refractivity contribution is -0.385. The van der Waals surface area contributed by atoms with Gasteiger partial charge in [0.1, 0.15) is 0 Å². The van der Waals surface area contributed by atoms with E-state index in [2.05, 4.69) is 10.4 Å². The minimum atomic E-state index is -0.600. The fourth-order valence-corrected chi connectivity index (χ4v) is 2.69. The number of carbonyl (C=O) groups excluding carboxylic acids is 1. The topological polar surface area (TPSA) is 99.3 Å². The van der Waals surface area contributed by atoms with E-state index < -0.39 is 10.8 Å². The average Bonchev–Trinajstić information content (AvgIpc) is 3.09. The standard InChI is InChI=1S/C18H15ClN4O4/c1-27-17-7-6-12(8-16(17)23(25)26)18(24)21-14-9-20-22(11-14)10-13-4-2-3-5-15(13)19/h2-9,11H,10H2,1H3,(H,21,24). The zero-order valence-corrected chi connectivity index (χ0v) is 15.0. The molecule has 1 amide bonds. The third-order valence-electron chi connectivity index (χ3n) is 3.82. The van der Waals surface area contributed by atoms with E-state index in [1.165, 1.54) is 31.5 Å². The number of benzene rings is 2. The number of nitro benzene ring substituents is 1. The quantitative estimate of drug-likeness (QED) is 0.513. The van der Waals surface area contributed by atoms with Crippen molar-refractivity contribution in [1.29, 1.82) is 0 Å². The molecular weight excluding hydrogens is 372 g/mol. The van der Waals surface area contributed by atoms with E-state index in [1.54, 1.807) is 16.9 Å². The van der Waals surface area contributed by atoms with Crippen LogP contribution in [0.2, 0.25) is 5.02 Å². The van der Waals surface area contributed by atoms with Crippen LogP contribution in [0.4, 0.5) is 11.4 Å². The maximum Gasteiger partial charge on any atom is 0.311 e. The number of ether oxygens (including phenoxy) is 1. The van der Waals surface area contributed by atoms with Crippen LogP contribution in [0.3, 0.4) is 0 Å². The molecule has 0 saturated heterocycles. The van der Waals surface area contributed by atoms with Gasteiger partial charge in [-0.05, 0) is 23.8 Å². The molecule has 0 atom stereocenters. The number of methoxy groups -OCH3 is 1. The number of hydrogen-bond donors (Lipinski definition) is 1. The van der Waals surface area contributed by atoms with E-state index in [1.807, 2.05) is 18.2 Å². The van der Waals surface area contributed by atoms with Crippen LogP contribution in [0.15, 0.2) is 54.9 Å². The van der Waals surface area contributed by atoms with Crippen LogP contribution in [0, 0.1) is 10.1 Å². The van der Waals surface area contributed by atoms with E-state index in [4.69, 9.17) is 16.3 Å². The van der Waals surface area contributed by atoms with Gasteiger partial charge in [-0.25, -0.2) is 0 Å². The molecule has 0 aliphatic carbocycles. The van der Waals surface area contributed by atoms with Gasteiger partial charge < -0.3 is 10.1 Å². The van der Waals surface area contributed by atoms with Gasteiger partial charge in [-0.3, -0.25) is 19.6 Å². The third-order valence-corrected chi connectivity index (χ3v) is 4.19. The lowest BCUT2D eigenvalue weighted by Crippen LogP contribution is -2.12. The Morgan fingerprint density at radius 3 is 2.81 bits per heavy atom. The van der Waals surface area contributed by atoms with Crippen molar-refractivity contribution in [2.75, 3.05) is 12.4 Å². The van der Waals surface area contributed by atoms with Crippen molar-refractivity contribution in [1.82, 2.24) is 9.78 Å². The number of nitrogens with one attached hydrogen (secondary N) is 1. The van der Waals surface area contributed by atoms with Gasteiger partial charge in [0.05, 0.1) is 30.5 Å². The molecule has 0 fully saturated rings. The molecule has 1 heterocycles. The average molecular weight is 387 g/mol. The molecule has 0 radical (unpaired) electrons. The van der Waals surface area contributed by atoms with E-state index in [-0.39, 0.29) is 17.0 Å². The van der Waals surface area contributed by atoms with E-state index in [9.17, 15) is 14.9 Å². The smallest absolute Gasteiger partial charge is 0.311 e. The molecular formula is C18H15ClN4O4. The zero-order valence-electron chi connectivity index (χ0n) is 14.3. The van der Waals surface area contributed by atoms with Crippen molar-refractivity contribution in [3.63, 3.8) is 0 Å². The Morgan fingerprint density at radius 1 is 1.33 bits per heavy atom. The lowest BCUT2D eigenvalue weighted by atomic mass is 10.1. The van der Waals surface area contributed by atoms with Gasteiger partial charge in [0, 0.05) is 22.8 Å². The predicted octanol–water partition coefficient (Wildman–Crippen LogP) is 3.75. The predicted molar refractivity (Wildman–Crippen MR) is 100 cm³/mol. The first-order chi connectivity index (χ1) is 13.0. The molecule has 3 rings (SSSR count). The van der Waals surface area contributed by atoms with Crippen LogP contribution >= 0.6 is 11.6 Å². The molecule has 9 heteroatoms. The lowest BCUT2D eigenvalue weighted by Gasteiger charge is -2.06. The number of anilines is 1. The molecule has 2 aromatic carbocycles. The number of amides is 1. The summed E-state index contributed by atoms with van der Waals surface area (Å²) in [6.07, 6.45) is 3.14. The molecule has 0 aliphatic rings. The number of hydrogen-bond acceptors (Lipinski definition) is 5. The van der Waals surface area contributed by atoms with Crippen LogP contribution in [0.25, 0.3) is 0 Å². The molecule has 0 bridgehead atoms. The van der Waals surface area contributed by atoms with E-state index >= 15 is 0 Å². The van der Waals surface area contributed by atoms with E-state index in [0.29, 0.717) is 17.3 Å². The van der Waals surface area contributed by atoms with E-state index in [0.717, 1.165) is 5.56 Å². The molecule has 27 heavy (non-hydrogen) atoms. The van der Waals surface area contributed by atoms with Gasteiger partial charge in [0.2, 0.25) is 0 Å². The molecule has 0 saturated carbocycles. The zero-order chi connectivity index (χ0) is 19.4. The molecule has 0 spiro atoms. The summed E-state index contributed by atoms with van der Waals surface area (Å²) in [6, 6.07) is 11.4. The molecule has 8 nitrogen and oxygen atoms in total. The van der Waals surface area contributed by atoms with Crippen molar-refractivity contribution >= 4 is 28.9 Å². The van der Waals surface area contributed by atoms with Crippen LogP contribution in [0.5, 0.6) is 5.75 Å². The fourth-order valence-electron chi connectivity index (χ4n) is 2.49. The minimum Gasteiger partial charge on any atom is -0.490 e. The van der Waals surface area contributed by atoms with Crippen molar-refractivity contribution < 1.29 is 14.5 Å². The molecule has 138 valence electrons. The van der Waals surface area contributed by atoms with Crippen LogP contribution in [0.1, 0.15) is 15.9 Å². The van der Waals surface area contributed by atoms with Crippen LogP contribution < -0.4 is 10.1 Å². The maximum absolute atomic E-state index is 12.4. The summed E-state index contributed by atoms with van der Waals surface area (Å²) in [6.45, 7) is 0.448. The number of halogens is 1. The van der Waals surface area contributed by atoms with Crippen molar-refractivity contribution in [2.45, 2.75) is 6.54 Å². The number of aromatic nitrogens is 2. The fraction of sp³-hybridized carbons (Fsp3) is 0.111. The highest BCUT2D eigenvalue weighted by atomic mass is 35.5. The summed E-state index contributed by atoms with van der Waals surface area (Å²) in [4.78, 5) is 22.9. The number of nitro groups is 1. The van der Waals surface area contributed by atoms with Gasteiger partial charge in [0.15, 0.2) is 5.75 Å². The Hall–Kier alpha value is -3.39. The first kappa shape index (κ1) is 18.4. The number of carbonyl (C=O) groups is 1. The van der Waals surface area contributed by atoms with Crippen molar-refractivity contribution in [3.05, 3.63) is 81.1 Å². The Morgan fingerprint density at radius 2 is 2.11 bits per heavy atom. The molecule has 0 aliphatic heterocycles. The third kappa shape index (κ3) is 4.24. The SMILES string of the molecule is COc1ccc(C(=O)Nc2cnn(Cc3ccccc3Cl)c2)cc1[N+](=O)[O-]. The highest BCUT2D eigenvalue weighted by Gasteiger charge is 2.18. The molecule has 0 unspecified atom stereocenters. The van der Waals surface area contributed by atoms with Crippen molar-refractivity contribution in [3.8, 4) is 5.75 Å². The second-order valence-corrected chi connectivity index (χ2v) is 6.02. The number of nitrogens with zero attached hydrogens (tertiary/aromatic N) is 3. The normalized spacial score (nSPS) is 10.4. The first-order valence-electron chi connectivity index (χ1n) is 7.87. The minimum absolute atomic E-state index is 0.0871. The Bertz CT molecular complexity index is 1000. The Kier molecular flexibility index (Phi) is 5.37. The van der Waals surface area contributed by atoms with Gasteiger partial charge in [0.25, 0.3) is 5.91 Å². The largest absolute Gasteiger partial charge is 0.490 e. The molecule has 1 aromatic heterocycles. The van der Waals surface area contributed by atoms with Crippen molar-refractivity contribution in [2.24, 2.45) is 0 Å².